The summed E-state index contributed by atoms with van der Waals surface area (Å²) in [5.41, 5.74) is 0.710. The van der Waals surface area contributed by atoms with Crippen molar-refractivity contribution in [3.05, 3.63) is 28.5 Å². The third kappa shape index (κ3) is 1.99. The van der Waals surface area contributed by atoms with Gasteiger partial charge in [0.1, 0.15) is 16.6 Å². The van der Waals surface area contributed by atoms with E-state index in [1.54, 1.807) is 6.07 Å². The highest BCUT2D eigenvalue weighted by molar-refractivity contribution is 6.32. The van der Waals surface area contributed by atoms with E-state index in [1.807, 2.05) is 6.92 Å². The van der Waals surface area contributed by atoms with Gasteiger partial charge in [0, 0.05) is 18.1 Å². The van der Waals surface area contributed by atoms with Crippen molar-refractivity contribution in [2.45, 2.75) is 12.8 Å². The second-order valence-corrected chi connectivity index (χ2v) is 3.45. The molecule has 1 aromatic carbocycles. The molecule has 1 N–H and O–H groups in total. The van der Waals surface area contributed by atoms with Crippen LogP contribution in [0.15, 0.2) is 12.1 Å². The van der Waals surface area contributed by atoms with Crippen LogP contribution in [0.4, 0.5) is 4.39 Å². The summed E-state index contributed by atoms with van der Waals surface area (Å²) in [5.74, 6) is -0.339. The van der Waals surface area contributed by atoms with E-state index in [9.17, 15) is 4.39 Å². The Hall–Kier alpha value is -0.800. The molecule has 78 valence electrons. The Morgan fingerprint density at radius 2 is 2.21 bits per heavy atom. The van der Waals surface area contributed by atoms with Gasteiger partial charge in [0.15, 0.2) is 0 Å². The van der Waals surface area contributed by atoms with Crippen LogP contribution in [0.25, 0.3) is 0 Å². The third-order valence-electron chi connectivity index (χ3n) is 2.09. The fraction of sp³-hybridized carbons (Fsp3) is 0.400. The zero-order valence-electron chi connectivity index (χ0n) is 8.05. The van der Waals surface area contributed by atoms with Gasteiger partial charge in [-0.05, 0) is 6.07 Å². The van der Waals surface area contributed by atoms with Crippen molar-refractivity contribution in [1.29, 1.82) is 0 Å². The Morgan fingerprint density at radius 1 is 1.57 bits per heavy atom. The van der Waals surface area contributed by atoms with Crippen molar-refractivity contribution in [3.8, 4) is 5.75 Å². The van der Waals surface area contributed by atoms with Crippen molar-refractivity contribution >= 4 is 11.6 Å². The molecule has 1 atom stereocenters. The Labute approximate surface area is 87.3 Å². The van der Waals surface area contributed by atoms with Crippen molar-refractivity contribution in [2.75, 3.05) is 13.7 Å². The number of ether oxygens (including phenoxy) is 1. The maximum atomic E-state index is 13.0. The predicted octanol–water partition coefficient (Wildman–Crippen LogP) is 2.58. The minimum Gasteiger partial charge on any atom is -0.495 e. The summed E-state index contributed by atoms with van der Waals surface area (Å²) < 4.78 is 18.0. The summed E-state index contributed by atoms with van der Waals surface area (Å²) >= 11 is 5.72. The molecule has 1 rings (SSSR count). The number of hydrogen-bond donors (Lipinski definition) is 1. The van der Waals surface area contributed by atoms with Crippen LogP contribution in [0.5, 0.6) is 5.75 Å². The first-order chi connectivity index (χ1) is 6.61. The number of methoxy groups -OCH3 is 1. The first-order valence-corrected chi connectivity index (χ1v) is 4.62. The van der Waals surface area contributed by atoms with Crippen LogP contribution in [0, 0.1) is 5.82 Å². The van der Waals surface area contributed by atoms with E-state index in [-0.39, 0.29) is 17.5 Å². The average Bonchev–Trinajstić information content (AvgIpc) is 2.20. The Morgan fingerprint density at radius 3 is 2.71 bits per heavy atom. The molecule has 0 aliphatic carbocycles. The molecule has 0 fully saturated rings. The molecule has 0 saturated heterocycles. The van der Waals surface area contributed by atoms with Crippen LogP contribution in [-0.2, 0) is 0 Å². The zero-order valence-corrected chi connectivity index (χ0v) is 8.81. The van der Waals surface area contributed by atoms with E-state index in [0.29, 0.717) is 11.3 Å². The molecule has 0 radical (unpaired) electrons. The van der Waals surface area contributed by atoms with Crippen molar-refractivity contribution < 1.29 is 14.2 Å². The number of hydrogen-bond acceptors (Lipinski definition) is 2. The lowest BCUT2D eigenvalue weighted by atomic mass is 10.0. The fourth-order valence-electron chi connectivity index (χ4n) is 1.24. The Kier molecular flexibility index (Phi) is 3.72. The number of aliphatic hydroxyl groups excluding tert-OH is 1. The molecular weight excluding hydrogens is 207 g/mol. The highest BCUT2D eigenvalue weighted by Gasteiger charge is 2.16. The molecule has 1 aromatic rings. The van der Waals surface area contributed by atoms with Gasteiger partial charge in [0.2, 0.25) is 0 Å². The molecule has 0 spiro atoms. The van der Waals surface area contributed by atoms with Crippen LogP contribution < -0.4 is 4.74 Å². The first kappa shape index (κ1) is 11.3. The summed E-state index contributed by atoms with van der Waals surface area (Å²) in [5, 5.41) is 8.94. The SMILES string of the molecule is COc1c(C(C)CO)ccc(F)c1Cl. The van der Waals surface area contributed by atoms with E-state index in [2.05, 4.69) is 0 Å². The molecular formula is C10H12ClFO2. The van der Waals surface area contributed by atoms with Crippen LogP contribution in [0.1, 0.15) is 18.4 Å². The second kappa shape index (κ2) is 4.62. The smallest absolute Gasteiger partial charge is 0.145 e. The maximum Gasteiger partial charge on any atom is 0.145 e. The molecule has 0 aliphatic heterocycles. The third-order valence-corrected chi connectivity index (χ3v) is 2.44. The maximum absolute atomic E-state index is 13.0. The molecule has 14 heavy (non-hydrogen) atoms. The van der Waals surface area contributed by atoms with E-state index >= 15 is 0 Å². The monoisotopic (exact) mass is 218 g/mol. The molecule has 0 bridgehead atoms. The summed E-state index contributed by atoms with van der Waals surface area (Å²) in [6.07, 6.45) is 0. The minimum absolute atomic E-state index is 0.0294. The topological polar surface area (TPSA) is 29.5 Å². The van der Waals surface area contributed by atoms with Crippen molar-refractivity contribution in [2.24, 2.45) is 0 Å². The summed E-state index contributed by atoms with van der Waals surface area (Å²) in [6, 6.07) is 2.84. The van der Waals surface area contributed by atoms with Gasteiger partial charge in [0.05, 0.1) is 7.11 Å². The van der Waals surface area contributed by atoms with Gasteiger partial charge in [-0.25, -0.2) is 4.39 Å². The van der Waals surface area contributed by atoms with Gasteiger partial charge < -0.3 is 9.84 Å². The second-order valence-electron chi connectivity index (χ2n) is 3.07. The fourth-order valence-corrected chi connectivity index (χ4v) is 1.49. The quantitative estimate of drug-likeness (QED) is 0.845. The Bertz CT molecular complexity index is 328. The summed E-state index contributed by atoms with van der Waals surface area (Å²) in [7, 11) is 1.42. The van der Waals surface area contributed by atoms with Gasteiger partial charge in [-0.1, -0.05) is 24.6 Å². The van der Waals surface area contributed by atoms with E-state index < -0.39 is 5.82 Å². The summed E-state index contributed by atoms with van der Waals surface area (Å²) in [6.45, 7) is 1.78. The van der Waals surface area contributed by atoms with Crippen LogP contribution >= 0.6 is 11.6 Å². The normalized spacial score (nSPS) is 12.6. The highest BCUT2D eigenvalue weighted by Crippen LogP contribution is 2.35. The summed E-state index contributed by atoms with van der Waals surface area (Å²) in [4.78, 5) is 0. The van der Waals surface area contributed by atoms with Gasteiger partial charge in [-0.15, -0.1) is 0 Å². The van der Waals surface area contributed by atoms with Crippen LogP contribution in [0.3, 0.4) is 0 Å². The lowest BCUT2D eigenvalue weighted by Gasteiger charge is -2.14. The largest absolute Gasteiger partial charge is 0.495 e. The molecule has 1 unspecified atom stereocenters. The number of halogens is 2. The number of rotatable bonds is 3. The predicted molar refractivity (Wildman–Crippen MR) is 53.5 cm³/mol. The highest BCUT2D eigenvalue weighted by atomic mass is 35.5. The Balaban J connectivity index is 3.23. The molecule has 0 aliphatic rings. The van der Waals surface area contributed by atoms with Crippen LogP contribution in [0.2, 0.25) is 5.02 Å². The molecule has 0 heterocycles. The van der Waals surface area contributed by atoms with E-state index in [1.165, 1.54) is 13.2 Å². The molecule has 0 saturated carbocycles. The minimum atomic E-state index is -0.516. The van der Waals surface area contributed by atoms with Crippen LogP contribution in [-0.4, -0.2) is 18.8 Å². The zero-order chi connectivity index (χ0) is 10.7. The van der Waals surface area contributed by atoms with E-state index in [4.69, 9.17) is 21.4 Å². The lowest BCUT2D eigenvalue weighted by Crippen LogP contribution is -2.03. The van der Waals surface area contributed by atoms with Gasteiger partial charge in [0.25, 0.3) is 0 Å². The first-order valence-electron chi connectivity index (χ1n) is 4.24. The standard InChI is InChI=1S/C10H12ClFO2/c1-6(5-13)7-3-4-8(12)9(11)10(7)14-2/h3-4,6,13H,5H2,1-2H3. The van der Waals surface area contributed by atoms with Crippen molar-refractivity contribution in [3.63, 3.8) is 0 Å². The van der Waals surface area contributed by atoms with Gasteiger partial charge in [-0.2, -0.15) is 0 Å². The molecule has 4 heteroatoms. The lowest BCUT2D eigenvalue weighted by molar-refractivity contribution is 0.269. The van der Waals surface area contributed by atoms with Gasteiger partial charge >= 0.3 is 0 Å². The number of benzene rings is 1. The molecule has 2 nitrogen and oxygen atoms in total. The van der Waals surface area contributed by atoms with Crippen molar-refractivity contribution in [1.82, 2.24) is 0 Å². The van der Waals surface area contributed by atoms with E-state index in [0.717, 1.165) is 0 Å². The molecule has 0 aromatic heterocycles. The average molecular weight is 219 g/mol. The molecule has 0 amide bonds. The van der Waals surface area contributed by atoms with Gasteiger partial charge in [-0.3, -0.25) is 0 Å². The number of aliphatic hydroxyl groups is 1.